The summed E-state index contributed by atoms with van der Waals surface area (Å²) in [4.78, 5) is 13.9. The van der Waals surface area contributed by atoms with Crippen molar-refractivity contribution in [3.8, 4) is 5.75 Å². The molecule has 0 fully saturated rings. The molecule has 0 saturated heterocycles. The number of rotatable bonds is 0. The molecular formula is C14H17NO2. The third kappa shape index (κ3) is 1.70. The third-order valence-electron chi connectivity index (χ3n) is 3.62. The number of ether oxygens (including phenoxy) is 1. The van der Waals surface area contributed by atoms with E-state index in [0.717, 1.165) is 30.0 Å². The van der Waals surface area contributed by atoms with E-state index in [0.29, 0.717) is 18.6 Å². The number of hydrogen-bond acceptors (Lipinski definition) is 3. The molecule has 0 aliphatic carbocycles. The van der Waals surface area contributed by atoms with Gasteiger partial charge in [-0.25, -0.2) is 0 Å². The van der Waals surface area contributed by atoms with Crippen LogP contribution in [-0.4, -0.2) is 25.5 Å². The second kappa shape index (κ2) is 3.76. The Balaban J connectivity index is 2.13. The van der Waals surface area contributed by atoms with Crippen LogP contribution in [0.25, 0.3) is 0 Å². The van der Waals surface area contributed by atoms with Crippen molar-refractivity contribution in [3.63, 3.8) is 0 Å². The highest BCUT2D eigenvalue weighted by molar-refractivity contribution is 5.86. The maximum absolute atomic E-state index is 11.7. The average molecular weight is 231 g/mol. The number of carbonyl (C=O) groups is 1. The van der Waals surface area contributed by atoms with Gasteiger partial charge in [-0.2, -0.15) is 0 Å². The number of anilines is 1. The van der Waals surface area contributed by atoms with E-state index in [1.807, 2.05) is 7.05 Å². The number of carbonyl (C=O) groups excluding carboxylic acids is 1. The molecule has 0 amide bonds. The fourth-order valence-electron chi connectivity index (χ4n) is 2.76. The summed E-state index contributed by atoms with van der Waals surface area (Å²) in [7, 11) is 2.05. The molecule has 90 valence electrons. The molecule has 2 aliphatic rings. The lowest BCUT2D eigenvalue weighted by atomic mass is 10.0. The maximum atomic E-state index is 11.7. The van der Waals surface area contributed by atoms with Crippen molar-refractivity contribution in [2.75, 3.05) is 18.5 Å². The molecular weight excluding hydrogens is 214 g/mol. The number of benzene rings is 1. The van der Waals surface area contributed by atoms with E-state index in [-0.39, 0.29) is 6.10 Å². The molecule has 1 unspecified atom stereocenters. The summed E-state index contributed by atoms with van der Waals surface area (Å²) in [5.74, 6) is 1.33. The number of nitrogens with zero attached hydrogens (tertiary/aromatic N) is 1. The molecule has 0 bridgehead atoms. The van der Waals surface area contributed by atoms with E-state index < -0.39 is 0 Å². The predicted molar refractivity (Wildman–Crippen MR) is 66.8 cm³/mol. The normalized spacial score (nSPS) is 22.8. The summed E-state index contributed by atoms with van der Waals surface area (Å²) in [5.41, 5.74) is 3.53. The molecule has 0 aromatic heterocycles. The van der Waals surface area contributed by atoms with Crippen LogP contribution in [0.1, 0.15) is 24.5 Å². The maximum Gasteiger partial charge on any atom is 0.146 e. The van der Waals surface area contributed by atoms with Crippen molar-refractivity contribution in [1.29, 1.82) is 0 Å². The van der Waals surface area contributed by atoms with E-state index in [1.165, 1.54) is 5.56 Å². The predicted octanol–water partition coefficient (Wildman–Crippen LogP) is 1.96. The summed E-state index contributed by atoms with van der Waals surface area (Å²) in [5, 5.41) is 0. The second-order valence-corrected chi connectivity index (χ2v) is 5.08. The Morgan fingerprint density at radius 3 is 2.94 bits per heavy atom. The van der Waals surface area contributed by atoms with Crippen molar-refractivity contribution < 1.29 is 9.53 Å². The zero-order valence-electron chi connectivity index (χ0n) is 10.3. The van der Waals surface area contributed by atoms with Gasteiger partial charge < -0.3 is 9.64 Å². The van der Waals surface area contributed by atoms with Gasteiger partial charge in [0.15, 0.2) is 0 Å². The number of Topliss-reactive ketones (excluding diaryl/α,β-unsaturated/α-hetero) is 1. The molecule has 0 radical (unpaired) electrons. The minimum atomic E-state index is 0.254. The Bertz CT molecular complexity index is 481. The van der Waals surface area contributed by atoms with Gasteiger partial charge in [0.05, 0.1) is 5.69 Å². The molecule has 1 atom stereocenters. The van der Waals surface area contributed by atoms with Crippen molar-refractivity contribution >= 4 is 11.5 Å². The molecule has 0 N–H and O–H groups in total. The third-order valence-corrected chi connectivity index (χ3v) is 3.62. The molecule has 0 spiro atoms. The Morgan fingerprint density at radius 1 is 1.35 bits per heavy atom. The first-order chi connectivity index (χ1) is 8.15. The Hall–Kier alpha value is -1.51. The molecule has 2 aliphatic heterocycles. The molecule has 3 heteroatoms. The largest absolute Gasteiger partial charge is 0.488 e. The van der Waals surface area contributed by atoms with Gasteiger partial charge in [-0.15, -0.1) is 0 Å². The summed E-state index contributed by atoms with van der Waals surface area (Å²) < 4.78 is 5.91. The lowest BCUT2D eigenvalue weighted by Crippen LogP contribution is -2.19. The summed E-state index contributed by atoms with van der Waals surface area (Å²) in [6.07, 6.45) is 2.41. The van der Waals surface area contributed by atoms with Crippen LogP contribution in [0.2, 0.25) is 0 Å². The Labute approximate surface area is 101 Å². The lowest BCUT2D eigenvalue weighted by Gasteiger charge is -2.22. The molecule has 2 heterocycles. The summed E-state index contributed by atoms with van der Waals surface area (Å²) in [6, 6.07) is 4.21. The standard InChI is InChI=1S/C14H17NO2/c1-9-7-11-4-3-10-8-12(16)5-6-15(2)13(10)14(11)17-9/h3-4,9H,5-8H2,1-2H3. The average Bonchev–Trinajstić information content (AvgIpc) is 2.59. The highest BCUT2D eigenvalue weighted by Crippen LogP contribution is 2.41. The quantitative estimate of drug-likeness (QED) is 0.683. The van der Waals surface area contributed by atoms with Crippen LogP contribution < -0.4 is 9.64 Å². The monoisotopic (exact) mass is 231 g/mol. The van der Waals surface area contributed by atoms with Crippen LogP contribution in [-0.2, 0) is 17.6 Å². The SMILES string of the molecule is CC1Cc2ccc3c(c2O1)N(C)CCC(=O)C3. The minimum absolute atomic E-state index is 0.254. The van der Waals surface area contributed by atoms with Crippen molar-refractivity contribution in [2.45, 2.75) is 32.3 Å². The topological polar surface area (TPSA) is 29.5 Å². The number of ketones is 1. The minimum Gasteiger partial charge on any atom is -0.488 e. The van der Waals surface area contributed by atoms with Crippen LogP contribution in [0, 0.1) is 0 Å². The molecule has 3 rings (SSSR count). The van der Waals surface area contributed by atoms with E-state index in [1.54, 1.807) is 0 Å². The van der Waals surface area contributed by atoms with Gasteiger partial charge in [-0.1, -0.05) is 12.1 Å². The Kier molecular flexibility index (Phi) is 2.35. The van der Waals surface area contributed by atoms with Crippen LogP contribution >= 0.6 is 0 Å². The van der Waals surface area contributed by atoms with Gasteiger partial charge >= 0.3 is 0 Å². The number of hydrogen-bond donors (Lipinski definition) is 0. The first-order valence-electron chi connectivity index (χ1n) is 6.19. The lowest BCUT2D eigenvalue weighted by molar-refractivity contribution is -0.118. The molecule has 17 heavy (non-hydrogen) atoms. The van der Waals surface area contributed by atoms with E-state index in [2.05, 4.69) is 24.0 Å². The smallest absolute Gasteiger partial charge is 0.146 e. The summed E-state index contributed by atoms with van der Waals surface area (Å²) in [6.45, 7) is 2.88. The van der Waals surface area contributed by atoms with Crippen molar-refractivity contribution in [3.05, 3.63) is 23.3 Å². The van der Waals surface area contributed by atoms with Crippen LogP contribution in [0.4, 0.5) is 5.69 Å². The summed E-state index contributed by atoms with van der Waals surface area (Å²) >= 11 is 0. The first kappa shape index (κ1) is 10.6. The van der Waals surface area contributed by atoms with Crippen LogP contribution in [0.3, 0.4) is 0 Å². The van der Waals surface area contributed by atoms with Crippen molar-refractivity contribution in [2.24, 2.45) is 0 Å². The van der Waals surface area contributed by atoms with Gasteiger partial charge in [0, 0.05) is 32.9 Å². The fourth-order valence-corrected chi connectivity index (χ4v) is 2.76. The molecule has 1 aromatic carbocycles. The van der Waals surface area contributed by atoms with E-state index >= 15 is 0 Å². The fraction of sp³-hybridized carbons (Fsp3) is 0.500. The highest BCUT2D eigenvalue weighted by Gasteiger charge is 2.28. The zero-order chi connectivity index (χ0) is 12.0. The molecule has 1 aromatic rings. The van der Waals surface area contributed by atoms with E-state index in [4.69, 9.17) is 4.74 Å². The van der Waals surface area contributed by atoms with Gasteiger partial charge in [-0.05, 0) is 18.1 Å². The van der Waals surface area contributed by atoms with E-state index in [9.17, 15) is 4.79 Å². The van der Waals surface area contributed by atoms with Crippen LogP contribution in [0.5, 0.6) is 5.75 Å². The second-order valence-electron chi connectivity index (χ2n) is 5.08. The van der Waals surface area contributed by atoms with Gasteiger partial charge in [-0.3, -0.25) is 4.79 Å². The number of fused-ring (bicyclic) bond motifs is 3. The molecule has 3 nitrogen and oxygen atoms in total. The van der Waals surface area contributed by atoms with Crippen LogP contribution in [0.15, 0.2) is 12.1 Å². The van der Waals surface area contributed by atoms with Gasteiger partial charge in [0.2, 0.25) is 0 Å². The Morgan fingerprint density at radius 2 is 2.12 bits per heavy atom. The van der Waals surface area contributed by atoms with Gasteiger partial charge in [0.1, 0.15) is 17.6 Å². The van der Waals surface area contributed by atoms with Gasteiger partial charge in [0.25, 0.3) is 0 Å². The van der Waals surface area contributed by atoms with Crippen molar-refractivity contribution in [1.82, 2.24) is 0 Å². The zero-order valence-corrected chi connectivity index (χ0v) is 10.3. The first-order valence-corrected chi connectivity index (χ1v) is 6.19. The molecule has 0 saturated carbocycles. The highest BCUT2D eigenvalue weighted by atomic mass is 16.5.